The minimum Gasteiger partial charge on any atom is -0.478 e. The van der Waals surface area contributed by atoms with Crippen LogP contribution in [0.15, 0.2) is 60.7 Å². The van der Waals surface area contributed by atoms with Crippen molar-refractivity contribution in [2.75, 3.05) is 11.9 Å². The van der Waals surface area contributed by atoms with E-state index in [-0.39, 0.29) is 41.1 Å². The number of carboxylic acids is 1. The molecule has 0 spiro atoms. The molecule has 8 nitrogen and oxygen atoms in total. The minimum absolute atomic E-state index is 0.00523. The summed E-state index contributed by atoms with van der Waals surface area (Å²) >= 11 is 12.7. The SMILES string of the molecule is C[C@]1(C(=O)Nc2cccc(Cl)c2)[C@@H](c2cccc(Cl)c2F)[C@@H]2Cn3nc4cc(C(=O)O)ccc4c3OC[C@@H]2N1C1CCCCC1. The maximum atomic E-state index is 16.1. The molecule has 0 radical (unpaired) electrons. The smallest absolute Gasteiger partial charge is 0.335 e. The van der Waals surface area contributed by atoms with Crippen LogP contribution in [-0.2, 0) is 11.3 Å². The van der Waals surface area contributed by atoms with Crippen LogP contribution in [0.2, 0.25) is 10.0 Å². The first-order chi connectivity index (χ1) is 21.7. The van der Waals surface area contributed by atoms with Gasteiger partial charge in [0.1, 0.15) is 18.0 Å². The molecule has 2 aliphatic heterocycles. The van der Waals surface area contributed by atoms with Gasteiger partial charge in [0.05, 0.1) is 27.5 Å². The Labute approximate surface area is 270 Å². The van der Waals surface area contributed by atoms with Gasteiger partial charge in [-0.1, -0.05) is 60.7 Å². The lowest BCUT2D eigenvalue weighted by Gasteiger charge is -2.45. The van der Waals surface area contributed by atoms with Crippen molar-refractivity contribution in [2.24, 2.45) is 5.92 Å². The molecule has 45 heavy (non-hydrogen) atoms. The molecule has 4 aromatic rings. The number of nitrogens with one attached hydrogen (secondary N) is 1. The number of nitrogens with zero attached hydrogens (tertiary/aromatic N) is 3. The van der Waals surface area contributed by atoms with Crippen molar-refractivity contribution >= 4 is 51.7 Å². The maximum Gasteiger partial charge on any atom is 0.335 e. The largest absolute Gasteiger partial charge is 0.478 e. The number of aromatic nitrogens is 2. The Balaban J connectivity index is 1.40. The second-order valence-corrected chi connectivity index (χ2v) is 13.3. The molecule has 1 aromatic heterocycles. The van der Waals surface area contributed by atoms with Crippen LogP contribution in [0, 0.1) is 11.7 Å². The Morgan fingerprint density at radius 3 is 2.60 bits per heavy atom. The number of ether oxygens (including phenoxy) is 1. The van der Waals surface area contributed by atoms with Gasteiger partial charge in [-0.3, -0.25) is 9.69 Å². The summed E-state index contributed by atoms with van der Waals surface area (Å²) in [4.78, 5) is 28.7. The number of benzene rings is 3. The van der Waals surface area contributed by atoms with Gasteiger partial charge in [-0.25, -0.2) is 13.9 Å². The Morgan fingerprint density at radius 2 is 1.84 bits per heavy atom. The van der Waals surface area contributed by atoms with Crippen molar-refractivity contribution in [3.8, 4) is 5.88 Å². The monoisotopic (exact) mass is 650 g/mol. The highest BCUT2D eigenvalue weighted by molar-refractivity contribution is 6.31. The Kier molecular flexibility index (Phi) is 7.74. The summed E-state index contributed by atoms with van der Waals surface area (Å²) in [6, 6.07) is 16.6. The summed E-state index contributed by atoms with van der Waals surface area (Å²) in [6.07, 6.45) is 5.05. The van der Waals surface area contributed by atoms with Gasteiger partial charge in [0.25, 0.3) is 0 Å². The lowest BCUT2D eigenvalue weighted by molar-refractivity contribution is -0.129. The molecule has 2 N–H and O–H groups in total. The molecule has 11 heteroatoms. The summed E-state index contributed by atoms with van der Waals surface area (Å²) in [5, 5.41) is 18.6. The molecule has 3 aromatic carbocycles. The predicted octanol–water partition coefficient (Wildman–Crippen LogP) is 7.39. The fourth-order valence-corrected chi connectivity index (χ4v) is 8.42. The number of rotatable bonds is 5. The third-order valence-corrected chi connectivity index (χ3v) is 10.5. The van der Waals surface area contributed by atoms with Crippen molar-refractivity contribution in [3.63, 3.8) is 0 Å². The quantitative estimate of drug-likeness (QED) is 0.234. The van der Waals surface area contributed by atoms with Crippen molar-refractivity contribution in [1.82, 2.24) is 14.7 Å². The molecule has 1 amide bonds. The predicted molar refractivity (Wildman–Crippen MR) is 171 cm³/mol. The van der Waals surface area contributed by atoms with Crippen LogP contribution < -0.4 is 10.1 Å². The lowest BCUT2D eigenvalue weighted by Crippen LogP contribution is -2.60. The third-order valence-electron chi connectivity index (χ3n) is 9.96. The number of fused-ring (bicyclic) bond motifs is 4. The average molecular weight is 652 g/mol. The Bertz CT molecular complexity index is 1810. The highest BCUT2D eigenvalue weighted by Crippen LogP contribution is 2.55. The number of hydrogen-bond acceptors (Lipinski definition) is 5. The van der Waals surface area contributed by atoms with Crippen LogP contribution in [-0.4, -0.2) is 55.9 Å². The number of anilines is 1. The second-order valence-electron chi connectivity index (χ2n) is 12.5. The van der Waals surface area contributed by atoms with Gasteiger partial charge in [-0.05, 0) is 67.8 Å². The topological polar surface area (TPSA) is 96.7 Å². The highest BCUT2D eigenvalue weighted by Gasteiger charge is 2.63. The van der Waals surface area contributed by atoms with Crippen LogP contribution >= 0.6 is 23.2 Å². The molecule has 3 aliphatic rings. The lowest BCUT2D eigenvalue weighted by atomic mass is 9.74. The van der Waals surface area contributed by atoms with Gasteiger partial charge in [0.2, 0.25) is 11.8 Å². The number of carbonyl (C=O) groups excluding carboxylic acids is 1. The molecule has 1 aliphatic carbocycles. The van der Waals surface area contributed by atoms with E-state index in [0.29, 0.717) is 39.6 Å². The van der Waals surface area contributed by atoms with Crippen molar-refractivity contribution in [2.45, 2.75) is 69.1 Å². The minimum atomic E-state index is -1.20. The molecule has 234 valence electrons. The van der Waals surface area contributed by atoms with Crippen LogP contribution in [0.25, 0.3) is 10.9 Å². The van der Waals surface area contributed by atoms with Gasteiger partial charge in [-0.15, -0.1) is 0 Å². The van der Waals surface area contributed by atoms with Gasteiger partial charge in [-0.2, -0.15) is 5.10 Å². The number of carboxylic acid groups (broad SMARTS) is 1. The fourth-order valence-electron chi connectivity index (χ4n) is 8.05. The number of likely N-dealkylation sites (tertiary alicyclic amines) is 1. The first kappa shape index (κ1) is 30.0. The zero-order valence-electron chi connectivity index (χ0n) is 24.7. The molecule has 1 saturated carbocycles. The van der Waals surface area contributed by atoms with E-state index < -0.39 is 23.2 Å². The van der Waals surface area contributed by atoms with E-state index in [1.165, 1.54) is 18.2 Å². The molecule has 0 bridgehead atoms. The van der Waals surface area contributed by atoms with E-state index >= 15 is 4.39 Å². The standard InChI is InChI=1S/C34H33Cl2FN4O4/c1-34(33(44)38-21-8-5-7-20(35)16-21)29(24-11-6-12-26(36)30(24)37)25-17-40-31(23-14-13-19(32(42)43)15-27(23)39-40)45-18-28(25)41(34)22-9-3-2-4-10-22/h5-8,11-16,22,25,28-29H,2-4,9-10,17-18H2,1H3,(H,38,44)(H,42,43)/t25-,28+,29+,34-/m1/s1. The van der Waals surface area contributed by atoms with Gasteiger partial charge in [0, 0.05) is 35.1 Å². The number of aromatic carboxylic acids is 1. The number of amides is 1. The summed E-state index contributed by atoms with van der Waals surface area (Å²) < 4.78 is 24.4. The normalized spacial score (nSPS) is 25.3. The molecule has 2 fully saturated rings. The molecule has 4 atom stereocenters. The number of hydrogen-bond donors (Lipinski definition) is 2. The van der Waals surface area contributed by atoms with E-state index in [9.17, 15) is 14.7 Å². The summed E-state index contributed by atoms with van der Waals surface area (Å²) in [7, 11) is 0. The fraction of sp³-hybridized carbons (Fsp3) is 0.382. The average Bonchev–Trinajstić information content (AvgIpc) is 3.42. The molecule has 3 heterocycles. The van der Waals surface area contributed by atoms with Crippen LogP contribution in [0.5, 0.6) is 5.88 Å². The molecule has 0 unspecified atom stereocenters. The van der Waals surface area contributed by atoms with Crippen molar-refractivity contribution in [1.29, 1.82) is 0 Å². The van der Waals surface area contributed by atoms with Crippen LogP contribution in [0.3, 0.4) is 0 Å². The van der Waals surface area contributed by atoms with E-state index in [2.05, 4.69) is 10.2 Å². The van der Waals surface area contributed by atoms with E-state index in [1.54, 1.807) is 47.1 Å². The number of halogens is 3. The first-order valence-electron chi connectivity index (χ1n) is 15.3. The third kappa shape index (κ3) is 5.05. The first-order valence-corrected chi connectivity index (χ1v) is 16.1. The zero-order valence-corrected chi connectivity index (χ0v) is 26.2. The van der Waals surface area contributed by atoms with E-state index in [0.717, 1.165) is 32.1 Å². The summed E-state index contributed by atoms with van der Waals surface area (Å²) in [6.45, 7) is 2.50. The molecule has 7 rings (SSSR count). The van der Waals surface area contributed by atoms with Gasteiger partial charge >= 0.3 is 5.97 Å². The maximum absolute atomic E-state index is 16.1. The molecular weight excluding hydrogens is 618 g/mol. The molecule has 1 saturated heterocycles. The molecular formula is C34H33Cl2FN4O4. The highest BCUT2D eigenvalue weighted by atomic mass is 35.5. The van der Waals surface area contributed by atoms with Gasteiger partial charge < -0.3 is 15.2 Å². The second kappa shape index (κ2) is 11.6. The summed E-state index contributed by atoms with van der Waals surface area (Å²) in [5.41, 5.74) is 0.350. The van der Waals surface area contributed by atoms with Crippen molar-refractivity contribution in [3.05, 3.63) is 87.7 Å². The van der Waals surface area contributed by atoms with E-state index in [1.807, 2.05) is 6.92 Å². The zero-order chi connectivity index (χ0) is 31.5. The van der Waals surface area contributed by atoms with Crippen LogP contribution in [0.1, 0.15) is 60.9 Å². The van der Waals surface area contributed by atoms with Gasteiger partial charge in [0.15, 0.2) is 0 Å². The van der Waals surface area contributed by atoms with Crippen LogP contribution in [0.4, 0.5) is 10.1 Å². The Morgan fingerprint density at radius 1 is 1.07 bits per heavy atom. The van der Waals surface area contributed by atoms with E-state index in [4.69, 9.17) is 33.0 Å². The van der Waals surface area contributed by atoms with Crippen molar-refractivity contribution < 1.29 is 23.8 Å². The Hall–Kier alpha value is -3.66. The summed E-state index contributed by atoms with van der Waals surface area (Å²) in [5.74, 6) is -2.24. The number of carbonyl (C=O) groups is 2.